The summed E-state index contributed by atoms with van der Waals surface area (Å²) in [6.07, 6.45) is 0.738. The highest BCUT2D eigenvalue weighted by atomic mass is 16.5. The van der Waals surface area contributed by atoms with Gasteiger partial charge in [-0.05, 0) is 36.6 Å². The van der Waals surface area contributed by atoms with Crippen molar-refractivity contribution in [1.82, 2.24) is 4.90 Å². The van der Waals surface area contributed by atoms with Crippen LogP contribution < -0.4 is 9.47 Å². The SMILES string of the molecule is COc1cc2c(cc1OC)CN(C(=O)CC(C)=O)CC2. The molecule has 0 radical (unpaired) electrons. The van der Waals surface area contributed by atoms with E-state index in [-0.39, 0.29) is 18.1 Å². The van der Waals surface area contributed by atoms with Crippen molar-refractivity contribution >= 4 is 11.7 Å². The van der Waals surface area contributed by atoms with Crippen molar-refractivity contribution in [2.24, 2.45) is 0 Å². The average Bonchev–Trinajstić information content (AvgIpc) is 2.44. The van der Waals surface area contributed by atoms with E-state index in [1.807, 2.05) is 12.1 Å². The zero-order valence-corrected chi connectivity index (χ0v) is 12.1. The van der Waals surface area contributed by atoms with Crippen LogP contribution in [-0.4, -0.2) is 37.4 Å². The lowest BCUT2D eigenvalue weighted by atomic mass is 9.98. The largest absolute Gasteiger partial charge is 0.493 e. The van der Waals surface area contributed by atoms with E-state index in [4.69, 9.17) is 9.47 Å². The molecule has 1 aromatic rings. The summed E-state index contributed by atoms with van der Waals surface area (Å²) in [5.41, 5.74) is 2.21. The van der Waals surface area contributed by atoms with Crippen LogP contribution in [0.5, 0.6) is 11.5 Å². The molecule has 1 amide bonds. The quantitative estimate of drug-likeness (QED) is 0.784. The summed E-state index contributed by atoms with van der Waals surface area (Å²) >= 11 is 0. The standard InChI is InChI=1S/C15H19NO4/c1-10(17)6-15(18)16-5-4-11-7-13(19-2)14(20-3)8-12(11)9-16/h7-8H,4-6,9H2,1-3H3. The van der Waals surface area contributed by atoms with Gasteiger partial charge in [0.05, 0.1) is 20.6 Å². The number of ketones is 1. The number of carbonyl (C=O) groups excluding carboxylic acids is 2. The molecule has 1 aromatic carbocycles. The summed E-state index contributed by atoms with van der Waals surface area (Å²) in [5, 5.41) is 0. The molecule has 0 atom stereocenters. The summed E-state index contributed by atoms with van der Waals surface area (Å²) in [6.45, 7) is 2.58. The summed E-state index contributed by atoms with van der Waals surface area (Å²) in [4.78, 5) is 24.7. The number of amides is 1. The van der Waals surface area contributed by atoms with Gasteiger partial charge in [-0.3, -0.25) is 9.59 Å². The molecule has 0 saturated carbocycles. The molecule has 0 fully saturated rings. The van der Waals surface area contributed by atoms with E-state index in [0.717, 1.165) is 17.5 Å². The number of hydrogen-bond donors (Lipinski definition) is 0. The number of nitrogens with zero attached hydrogens (tertiary/aromatic N) is 1. The minimum absolute atomic E-state index is 0.0252. The Hall–Kier alpha value is -2.04. The number of carbonyl (C=O) groups is 2. The van der Waals surface area contributed by atoms with Crippen molar-refractivity contribution in [3.05, 3.63) is 23.3 Å². The van der Waals surface area contributed by atoms with Gasteiger partial charge in [0.1, 0.15) is 5.78 Å². The highest BCUT2D eigenvalue weighted by Gasteiger charge is 2.23. The molecule has 20 heavy (non-hydrogen) atoms. The third-order valence-electron chi connectivity index (χ3n) is 3.47. The molecule has 0 aromatic heterocycles. The number of fused-ring (bicyclic) bond motifs is 1. The second kappa shape index (κ2) is 5.94. The minimum atomic E-state index is -0.113. The van der Waals surface area contributed by atoms with E-state index in [9.17, 15) is 9.59 Å². The molecule has 0 unspecified atom stereocenters. The smallest absolute Gasteiger partial charge is 0.230 e. The lowest BCUT2D eigenvalue weighted by Crippen LogP contribution is -2.36. The minimum Gasteiger partial charge on any atom is -0.493 e. The van der Waals surface area contributed by atoms with E-state index in [2.05, 4.69) is 0 Å². The fourth-order valence-electron chi connectivity index (χ4n) is 2.42. The first kappa shape index (κ1) is 14.4. The van der Waals surface area contributed by atoms with E-state index in [0.29, 0.717) is 24.6 Å². The monoisotopic (exact) mass is 277 g/mol. The van der Waals surface area contributed by atoms with E-state index < -0.39 is 0 Å². The predicted octanol–water partition coefficient (Wildman–Crippen LogP) is 1.57. The third kappa shape index (κ3) is 2.92. The van der Waals surface area contributed by atoms with Crippen LogP contribution in [0.4, 0.5) is 0 Å². The van der Waals surface area contributed by atoms with Crippen molar-refractivity contribution in [3.8, 4) is 11.5 Å². The summed E-state index contributed by atoms with van der Waals surface area (Å²) in [6, 6.07) is 3.86. The lowest BCUT2D eigenvalue weighted by Gasteiger charge is -2.29. The Morgan fingerprint density at radius 1 is 1.15 bits per heavy atom. The van der Waals surface area contributed by atoms with Gasteiger partial charge < -0.3 is 14.4 Å². The molecular weight excluding hydrogens is 258 g/mol. The van der Waals surface area contributed by atoms with Crippen LogP contribution in [0.3, 0.4) is 0 Å². The second-order valence-electron chi connectivity index (χ2n) is 4.92. The van der Waals surface area contributed by atoms with Crippen LogP contribution in [0.25, 0.3) is 0 Å². The lowest BCUT2D eigenvalue weighted by molar-refractivity contribution is -0.135. The van der Waals surface area contributed by atoms with Crippen molar-refractivity contribution < 1.29 is 19.1 Å². The van der Waals surface area contributed by atoms with Gasteiger partial charge in [-0.2, -0.15) is 0 Å². The molecule has 108 valence electrons. The summed E-state index contributed by atoms with van der Waals surface area (Å²) in [5.74, 6) is 1.15. The number of Topliss-reactive ketones (excluding diaryl/α,β-unsaturated/α-hetero) is 1. The molecular formula is C15H19NO4. The van der Waals surface area contributed by atoms with Crippen LogP contribution in [0.1, 0.15) is 24.5 Å². The van der Waals surface area contributed by atoms with Crippen LogP contribution in [0.2, 0.25) is 0 Å². The van der Waals surface area contributed by atoms with Gasteiger partial charge >= 0.3 is 0 Å². The maximum atomic E-state index is 11.9. The molecule has 1 aliphatic rings. The van der Waals surface area contributed by atoms with Crippen LogP contribution in [0.15, 0.2) is 12.1 Å². The molecule has 1 heterocycles. The fraction of sp³-hybridized carbons (Fsp3) is 0.467. The Labute approximate surface area is 118 Å². The molecule has 1 aliphatic heterocycles. The first-order chi connectivity index (χ1) is 9.55. The normalized spacial score (nSPS) is 13.7. The van der Waals surface area contributed by atoms with Gasteiger partial charge in [0.2, 0.25) is 5.91 Å². The van der Waals surface area contributed by atoms with Gasteiger partial charge in [-0.1, -0.05) is 0 Å². The third-order valence-corrected chi connectivity index (χ3v) is 3.47. The van der Waals surface area contributed by atoms with Crippen molar-refractivity contribution in [2.75, 3.05) is 20.8 Å². The van der Waals surface area contributed by atoms with Crippen molar-refractivity contribution in [2.45, 2.75) is 26.3 Å². The Kier molecular flexibility index (Phi) is 4.27. The van der Waals surface area contributed by atoms with Gasteiger partial charge in [-0.15, -0.1) is 0 Å². The van der Waals surface area contributed by atoms with Crippen LogP contribution in [-0.2, 0) is 22.6 Å². The molecule has 0 N–H and O–H groups in total. The second-order valence-corrected chi connectivity index (χ2v) is 4.92. The zero-order valence-electron chi connectivity index (χ0n) is 12.1. The van der Waals surface area contributed by atoms with Gasteiger partial charge in [0.15, 0.2) is 11.5 Å². The van der Waals surface area contributed by atoms with Crippen molar-refractivity contribution in [1.29, 1.82) is 0 Å². The summed E-state index contributed by atoms with van der Waals surface area (Å²) in [7, 11) is 3.20. The van der Waals surface area contributed by atoms with E-state index in [1.165, 1.54) is 6.92 Å². The Morgan fingerprint density at radius 3 is 2.30 bits per heavy atom. The fourth-order valence-corrected chi connectivity index (χ4v) is 2.42. The molecule has 0 aliphatic carbocycles. The molecule has 0 spiro atoms. The molecule has 5 heteroatoms. The number of rotatable bonds is 4. The van der Waals surface area contributed by atoms with E-state index >= 15 is 0 Å². The first-order valence-corrected chi connectivity index (χ1v) is 6.56. The topological polar surface area (TPSA) is 55.8 Å². The Morgan fingerprint density at radius 2 is 1.75 bits per heavy atom. The van der Waals surface area contributed by atoms with Gasteiger partial charge in [0, 0.05) is 13.1 Å². The van der Waals surface area contributed by atoms with Crippen molar-refractivity contribution in [3.63, 3.8) is 0 Å². The number of methoxy groups -OCH3 is 2. The highest BCUT2D eigenvalue weighted by Crippen LogP contribution is 2.33. The molecule has 2 rings (SSSR count). The summed E-state index contributed by atoms with van der Waals surface area (Å²) < 4.78 is 10.6. The maximum Gasteiger partial charge on any atom is 0.230 e. The number of benzene rings is 1. The predicted molar refractivity (Wildman–Crippen MR) is 74.0 cm³/mol. The molecule has 0 bridgehead atoms. The number of ether oxygens (including phenoxy) is 2. The molecule has 5 nitrogen and oxygen atoms in total. The highest BCUT2D eigenvalue weighted by molar-refractivity contribution is 5.96. The van der Waals surface area contributed by atoms with Crippen LogP contribution in [0, 0.1) is 0 Å². The maximum absolute atomic E-state index is 11.9. The van der Waals surface area contributed by atoms with Gasteiger partial charge in [-0.25, -0.2) is 0 Å². The average molecular weight is 277 g/mol. The van der Waals surface area contributed by atoms with Crippen LogP contribution >= 0.6 is 0 Å². The zero-order chi connectivity index (χ0) is 14.7. The number of hydrogen-bond acceptors (Lipinski definition) is 4. The molecule has 0 saturated heterocycles. The Balaban J connectivity index is 2.21. The first-order valence-electron chi connectivity index (χ1n) is 6.56. The van der Waals surface area contributed by atoms with E-state index in [1.54, 1.807) is 19.1 Å². The Bertz CT molecular complexity index is 539. The van der Waals surface area contributed by atoms with Gasteiger partial charge in [0.25, 0.3) is 0 Å².